The minimum atomic E-state index is -0.185. The Morgan fingerprint density at radius 1 is 0.611 bits per heavy atom. The zero-order chi connectivity index (χ0) is 13.4. The normalized spacial score (nSPS) is 9.00. The highest BCUT2D eigenvalue weighted by molar-refractivity contribution is 7.97. The topological polar surface area (TPSA) is 34.1 Å². The van der Waals surface area contributed by atoms with Crippen molar-refractivity contribution in [2.75, 3.05) is 0 Å². The first-order valence-corrected chi connectivity index (χ1v) is 6.07. The molecule has 0 radical (unpaired) electrons. The molecule has 0 aromatic heterocycles. The molecule has 0 N–H and O–H groups in total. The summed E-state index contributed by atoms with van der Waals surface area (Å²) < 4.78 is 0. The lowest BCUT2D eigenvalue weighted by atomic mass is 10.2. The maximum absolute atomic E-state index is 10.5. The standard InChI is InChI=1S/2C7H6OS/c2*8-7(9)6-4-2-1-3-5-6/h2*1-5H,(H,8,9). The van der Waals surface area contributed by atoms with E-state index in [2.05, 4.69) is 25.3 Å². The van der Waals surface area contributed by atoms with Crippen LogP contribution in [0.1, 0.15) is 20.7 Å². The maximum Gasteiger partial charge on any atom is 0.216 e. The van der Waals surface area contributed by atoms with Gasteiger partial charge in [0.1, 0.15) is 0 Å². The van der Waals surface area contributed by atoms with Crippen molar-refractivity contribution in [3.05, 3.63) is 71.8 Å². The molecule has 0 aliphatic rings. The van der Waals surface area contributed by atoms with Crippen LogP contribution in [-0.2, 0) is 0 Å². The first kappa shape index (κ1) is 14.5. The van der Waals surface area contributed by atoms with Crippen molar-refractivity contribution in [3.8, 4) is 0 Å². The van der Waals surface area contributed by atoms with E-state index in [1.807, 2.05) is 36.4 Å². The number of hydrogen-bond donors (Lipinski definition) is 2. The minimum absolute atomic E-state index is 0.185. The van der Waals surface area contributed by atoms with E-state index in [-0.39, 0.29) is 10.2 Å². The quantitative estimate of drug-likeness (QED) is 0.823. The highest BCUT2D eigenvalue weighted by Gasteiger charge is 1.94. The van der Waals surface area contributed by atoms with E-state index >= 15 is 0 Å². The average Bonchev–Trinajstić information content (AvgIpc) is 2.41. The summed E-state index contributed by atoms with van der Waals surface area (Å²) in [6.45, 7) is 0. The number of rotatable bonds is 2. The van der Waals surface area contributed by atoms with Gasteiger partial charge in [-0.3, -0.25) is 9.59 Å². The average molecular weight is 276 g/mol. The number of carbonyl (C=O) groups is 2. The Balaban J connectivity index is 0.000000180. The molecular formula is C14H12O2S2. The smallest absolute Gasteiger partial charge is 0.216 e. The summed E-state index contributed by atoms with van der Waals surface area (Å²) in [5.41, 5.74) is 1.28. The molecule has 18 heavy (non-hydrogen) atoms. The molecule has 2 nitrogen and oxygen atoms in total. The number of benzene rings is 2. The van der Waals surface area contributed by atoms with Gasteiger partial charge in [0.2, 0.25) is 10.2 Å². The summed E-state index contributed by atoms with van der Waals surface area (Å²) in [6, 6.07) is 17.9. The van der Waals surface area contributed by atoms with Crippen molar-refractivity contribution in [2.24, 2.45) is 0 Å². The summed E-state index contributed by atoms with van der Waals surface area (Å²) in [5, 5.41) is -0.369. The summed E-state index contributed by atoms with van der Waals surface area (Å²) in [5.74, 6) is 0. The predicted molar refractivity (Wildman–Crippen MR) is 79.5 cm³/mol. The van der Waals surface area contributed by atoms with Crippen LogP contribution in [0.15, 0.2) is 60.7 Å². The van der Waals surface area contributed by atoms with Gasteiger partial charge in [-0.15, -0.1) is 25.3 Å². The molecule has 0 heterocycles. The van der Waals surface area contributed by atoms with E-state index in [1.165, 1.54) is 0 Å². The van der Waals surface area contributed by atoms with Gasteiger partial charge in [-0.05, 0) is 0 Å². The summed E-state index contributed by atoms with van der Waals surface area (Å²) in [4.78, 5) is 21.0. The Morgan fingerprint density at radius 3 is 1.06 bits per heavy atom. The third kappa shape index (κ3) is 5.21. The van der Waals surface area contributed by atoms with Gasteiger partial charge in [-0.1, -0.05) is 60.7 Å². The van der Waals surface area contributed by atoms with E-state index in [0.717, 1.165) is 0 Å². The molecule has 0 saturated heterocycles. The summed E-state index contributed by atoms with van der Waals surface area (Å²) >= 11 is 7.30. The molecule has 0 fully saturated rings. The van der Waals surface area contributed by atoms with Crippen LogP contribution in [0, 0.1) is 0 Å². The second-order valence-corrected chi connectivity index (χ2v) is 4.15. The molecule has 0 aliphatic heterocycles. The van der Waals surface area contributed by atoms with Crippen molar-refractivity contribution in [2.45, 2.75) is 0 Å². The molecule has 0 unspecified atom stereocenters. The molecule has 2 rings (SSSR count). The lowest BCUT2D eigenvalue weighted by Gasteiger charge is -1.88. The molecule has 0 bridgehead atoms. The molecule has 2 aromatic rings. The van der Waals surface area contributed by atoms with Gasteiger partial charge < -0.3 is 0 Å². The highest BCUT2D eigenvalue weighted by Crippen LogP contribution is 2.01. The van der Waals surface area contributed by atoms with E-state index in [9.17, 15) is 9.59 Å². The Kier molecular flexibility index (Phi) is 6.25. The molecule has 4 heteroatoms. The van der Waals surface area contributed by atoms with Crippen LogP contribution in [0.25, 0.3) is 0 Å². The number of carbonyl (C=O) groups excluding carboxylic acids is 2. The second-order valence-electron chi connectivity index (χ2n) is 3.34. The van der Waals surface area contributed by atoms with Gasteiger partial charge in [-0.2, -0.15) is 0 Å². The molecule has 0 spiro atoms. The van der Waals surface area contributed by atoms with Crippen LogP contribution < -0.4 is 0 Å². The van der Waals surface area contributed by atoms with Crippen molar-refractivity contribution >= 4 is 35.5 Å². The largest absolute Gasteiger partial charge is 0.282 e. The molecular weight excluding hydrogens is 264 g/mol. The van der Waals surface area contributed by atoms with Gasteiger partial charge >= 0.3 is 0 Å². The Labute approximate surface area is 117 Å². The maximum atomic E-state index is 10.5. The monoisotopic (exact) mass is 276 g/mol. The van der Waals surface area contributed by atoms with Gasteiger partial charge in [0.15, 0.2) is 0 Å². The van der Waals surface area contributed by atoms with Crippen LogP contribution >= 0.6 is 25.3 Å². The SMILES string of the molecule is O=C(S)c1ccccc1.O=C(S)c1ccccc1. The zero-order valence-electron chi connectivity index (χ0n) is 9.48. The third-order valence-electron chi connectivity index (χ3n) is 2.04. The van der Waals surface area contributed by atoms with Crippen molar-refractivity contribution < 1.29 is 9.59 Å². The van der Waals surface area contributed by atoms with Crippen molar-refractivity contribution in [3.63, 3.8) is 0 Å². The molecule has 2 aromatic carbocycles. The van der Waals surface area contributed by atoms with Gasteiger partial charge in [-0.25, -0.2) is 0 Å². The second kappa shape index (κ2) is 7.74. The summed E-state index contributed by atoms with van der Waals surface area (Å²) in [7, 11) is 0. The molecule has 92 valence electrons. The third-order valence-corrected chi connectivity index (χ3v) is 2.56. The van der Waals surface area contributed by atoms with Gasteiger partial charge in [0.05, 0.1) is 0 Å². The van der Waals surface area contributed by atoms with Crippen LogP contribution in [-0.4, -0.2) is 10.2 Å². The summed E-state index contributed by atoms with van der Waals surface area (Å²) in [6.07, 6.45) is 0. The Hall–Kier alpha value is -1.52. The van der Waals surface area contributed by atoms with E-state index in [4.69, 9.17) is 0 Å². The van der Waals surface area contributed by atoms with Crippen molar-refractivity contribution in [1.82, 2.24) is 0 Å². The minimum Gasteiger partial charge on any atom is -0.282 e. The van der Waals surface area contributed by atoms with Crippen LogP contribution in [0.5, 0.6) is 0 Å². The number of thiol groups is 2. The fraction of sp³-hybridized carbons (Fsp3) is 0. The fourth-order valence-corrected chi connectivity index (χ4v) is 1.46. The van der Waals surface area contributed by atoms with E-state index in [1.54, 1.807) is 24.3 Å². The van der Waals surface area contributed by atoms with Gasteiger partial charge in [0, 0.05) is 11.1 Å². The lowest BCUT2D eigenvalue weighted by Crippen LogP contribution is -1.84. The highest BCUT2D eigenvalue weighted by atomic mass is 32.1. The Morgan fingerprint density at radius 2 is 0.889 bits per heavy atom. The van der Waals surface area contributed by atoms with Crippen molar-refractivity contribution in [1.29, 1.82) is 0 Å². The first-order chi connectivity index (χ1) is 8.61. The molecule has 0 aliphatic carbocycles. The fourth-order valence-electron chi connectivity index (χ4n) is 1.16. The van der Waals surface area contributed by atoms with E-state index < -0.39 is 0 Å². The van der Waals surface area contributed by atoms with Crippen LogP contribution in [0.2, 0.25) is 0 Å². The lowest BCUT2D eigenvalue weighted by molar-refractivity contribution is 0.108. The number of hydrogen-bond acceptors (Lipinski definition) is 2. The van der Waals surface area contributed by atoms with E-state index in [0.29, 0.717) is 11.1 Å². The van der Waals surface area contributed by atoms with Gasteiger partial charge in [0.25, 0.3) is 0 Å². The molecule has 0 atom stereocenters. The molecule has 0 amide bonds. The van der Waals surface area contributed by atoms with Crippen LogP contribution in [0.3, 0.4) is 0 Å². The molecule has 0 saturated carbocycles. The Bertz CT molecular complexity index is 460. The first-order valence-electron chi connectivity index (χ1n) is 5.18. The zero-order valence-corrected chi connectivity index (χ0v) is 11.3. The van der Waals surface area contributed by atoms with Crippen LogP contribution in [0.4, 0.5) is 0 Å². The predicted octanol–water partition coefficient (Wildman–Crippen LogP) is 3.51.